The molecule has 6 heteroatoms. The molecular weight excluding hydrogens is 350 g/mol. The number of hydrogen-bond acceptors (Lipinski definition) is 2. The van der Waals surface area contributed by atoms with Crippen molar-refractivity contribution in [3.63, 3.8) is 0 Å². The van der Waals surface area contributed by atoms with E-state index >= 15 is 0 Å². The van der Waals surface area contributed by atoms with Crippen molar-refractivity contribution in [2.75, 3.05) is 7.11 Å². The van der Waals surface area contributed by atoms with Gasteiger partial charge >= 0.3 is 0 Å². The summed E-state index contributed by atoms with van der Waals surface area (Å²) in [5, 5.41) is 1.51. The zero-order valence-corrected chi connectivity index (χ0v) is 14.5. The van der Waals surface area contributed by atoms with Gasteiger partial charge in [0, 0.05) is 30.3 Å². The molecule has 0 spiro atoms. The minimum atomic E-state index is -0.430. The largest absolute Gasteiger partial charge is 0.381 e. The zero-order chi connectivity index (χ0) is 16.8. The molecule has 0 amide bonds. The van der Waals surface area contributed by atoms with Crippen LogP contribution < -0.4 is 0 Å². The first kappa shape index (κ1) is 15.9. The Morgan fingerprint density at radius 1 is 1.21 bits per heavy atom. The van der Waals surface area contributed by atoms with Gasteiger partial charge in [0.05, 0.1) is 11.1 Å². The predicted molar refractivity (Wildman–Crippen MR) is 94.2 cm³/mol. The maximum atomic E-state index is 13.9. The van der Waals surface area contributed by atoms with Crippen LogP contribution in [0.2, 0.25) is 10.2 Å². The van der Waals surface area contributed by atoms with Crippen molar-refractivity contribution in [1.29, 1.82) is 0 Å². The number of ether oxygens (including phenoxy) is 1. The van der Waals surface area contributed by atoms with Crippen LogP contribution in [0.25, 0.3) is 22.2 Å². The maximum Gasteiger partial charge on any atom is 0.142 e. The maximum absolute atomic E-state index is 13.9. The van der Waals surface area contributed by atoms with E-state index in [1.165, 1.54) is 6.07 Å². The summed E-state index contributed by atoms with van der Waals surface area (Å²) in [5.74, 6) is -0.430. The number of pyridine rings is 1. The molecule has 0 radical (unpaired) electrons. The molecule has 4 rings (SSSR count). The van der Waals surface area contributed by atoms with Gasteiger partial charge in [0.25, 0.3) is 0 Å². The van der Waals surface area contributed by atoms with Crippen LogP contribution in [0.1, 0.15) is 18.9 Å². The molecule has 1 saturated carbocycles. The lowest BCUT2D eigenvalue weighted by Crippen LogP contribution is -2.32. The highest BCUT2D eigenvalue weighted by atomic mass is 35.5. The molecule has 0 atom stereocenters. The number of halogens is 3. The first-order valence-electron chi connectivity index (χ1n) is 7.72. The van der Waals surface area contributed by atoms with Crippen LogP contribution in [-0.4, -0.2) is 22.8 Å². The Balaban J connectivity index is 1.85. The molecule has 1 fully saturated rings. The topological polar surface area (TPSA) is 27.1 Å². The highest BCUT2D eigenvalue weighted by Gasteiger charge is 2.32. The molecular formula is C18H15Cl2FN2O. The summed E-state index contributed by atoms with van der Waals surface area (Å²) in [6, 6.07) is 8.84. The molecule has 2 heterocycles. The number of rotatable bonds is 3. The summed E-state index contributed by atoms with van der Waals surface area (Å²) in [6.07, 6.45) is 4.17. The highest BCUT2D eigenvalue weighted by molar-refractivity contribution is 6.31. The molecule has 124 valence electrons. The number of fused-ring (bicyclic) bond motifs is 1. The van der Waals surface area contributed by atoms with Crippen LogP contribution in [-0.2, 0) is 4.74 Å². The number of benzene rings is 1. The number of nitrogens with zero attached hydrogens (tertiary/aromatic N) is 2. The number of hydrogen-bond donors (Lipinski definition) is 0. The van der Waals surface area contributed by atoms with Crippen molar-refractivity contribution in [2.45, 2.75) is 25.0 Å². The Morgan fingerprint density at radius 3 is 2.71 bits per heavy atom. The normalized spacial score (nSPS) is 20.3. The molecule has 1 aliphatic carbocycles. The van der Waals surface area contributed by atoms with E-state index in [4.69, 9.17) is 27.9 Å². The van der Waals surface area contributed by atoms with Gasteiger partial charge in [-0.2, -0.15) is 0 Å². The minimum absolute atomic E-state index is 0.116. The molecule has 0 saturated heterocycles. The van der Waals surface area contributed by atoms with E-state index in [9.17, 15) is 4.39 Å². The van der Waals surface area contributed by atoms with E-state index in [2.05, 4.69) is 9.55 Å². The van der Waals surface area contributed by atoms with E-state index in [0.29, 0.717) is 11.2 Å². The zero-order valence-electron chi connectivity index (χ0n) is 13.0. The number of methoxy groups -OCH3 is 1. The van der Waals surface area contributed by atoms with Gasteiger partial charge in [0.15, 0.2) is 0 Å². The molecule has 0 aliphatic heterocycles. The lowest BCUT2D eigenvalue weighted by molar-refractivity contribution is 0.00737. The van der Waals surface area contributed by atoms with Crippen LogP contribution in [0.15, 0.2) is 36.5 Å². The summed E-state index contributed by atoms with van der Waals surface area (Å²) in [5.41, 5.74) is 2.50. The molecule has 0 unspecified atom stereocenters. The highest BCUT2D eigenvalue weighted by Crippen LogP contribution is 2.40. The quantitative estimate of drug-likeness (QED) is 0.573. The van der Waals surface area contributed by atoms with E-state index in [1.807, 2.05) is 18.3 Å². The Hall–Kier alpha value is -1.62. The molecule has 3 nitrogen and oxygen atoms in total. The molecule has 0 bridgehead atoms. The van der Waals surface area contributed by atoms with Gasteiger partial charge < -0.3 is 9.30 Å². The smallest absolute Gasteiger partial charge is 0.142 e. The lowest BCUT2D eigenvalue weighted by atomic mass is 9.89. The van der Waals surface area contributed by atoms with Crippen molar-refractivity contribution in [3.05, 3.63) is 52.5 Å². The first-order chi connectivity index (χ1) is 11.6. The fourth-order valence-electron chi connectivity index (χ4n) is 3.23. The van der Waals surface area contributed by atoms with Crippen LogP contribution in [0.4, 0.5) is 4.39 Å². The van der Waals surface area contributed by atoms with Crippen LogP contribution in [0.3, 0.4) is 0 Å². The van der Waals surface area contributed by atoms with E-state index in [1.54, 1.807) is 19.2 Å². The first-order valence-corrected chi connectivity index (χ1v) is 8.47. The molecule has 2 aromatic heterocycles. The Kier molecular flexibility index (Phi) is 3.99. The average Bonchev–Trinajstić information content (AvgIpc) is 2.88. The van der Waals surface area contributed by atoms with Crippen molar-refractivity contribution in [2.24, 2.45) is 0 Å². The molecule has 3 aromatic rings. The Morgan fingerprint density at radius 2 is 2.00 bits per heavy atom. The fourth-order valence-corrected chi connectivity index (χ4v) is 3.49. The second-order valence-electron chi connectivity index (χ2n) is 6.07. The van der Waals surface area contributed by atoms with Gasteiger partial charge in [-0.1, -0.05) is 29.3 Å². The van der Waals surface area contributed by atoms with Gasteiger partial charge in [-0.3, -0.25) is 0 Å². The third-order valence-corrected chi connectivity index (χ3v) is 5.19. The van der Waals surface area contributed by atoms with Crippen LogP contribution >= 0.6 is 23.2 Å². The monoisotopic (exact) mass is 364 g/mol. The van der Waals surface area contributed by atoms with Crippen molar-refractivity contribution in [1.82, 2.24) is 9.55 Å². The predicted octanol–water partition coefficient (Wildman–Crippen LogP) is 5.50. The van der Waals surface area contributed by atoms with Gasteiger partial charge in [-0.25, -0.2) is 9.37 Å². The molecule has 1 aromatic carbocycles. The second kappa shape index (κ2) is 6.03. The summed E-state index contributed by atoms with van der Waals surface area (Å²) in [7, 11) is 1.73. The van der Waals surface area contributed by atoms with Crippen molar-refractivity contribution < 1.29 is 9.13 Å². The van der Waals surface area contributed by atoms with E-state index < -0.39 is 5.82 Å². The van der Waals surface area contributed by atoms with E-state index in [0.717, 1.165) is 35.0 Å². The van der Waals surface area contributed by atoms with Crippen LogP contribution in [0.5, 0.6) is 0 Å². The standard InChI is InChI=1S/C18H15Cl2FN2O/c1-24-12-7-11(8-12)23-9-14(10-2-4-15(19)16(21)6-10)13-3-5-17(20)22-18(13)23/h2-6,9,11-12H,7-8H2,1H3. The van der Waals surface area contributed by atoms with E-state index in [-0.39, 0.29) is 11.1 Å². The van der Waals surface area contributed by atoms with Gasteiger partial charge in [0.2, 0.25) is 0 Å². The number of aromatic nitrogens is 2. The fraction of sp³-hybridized carbons (Fsp3) is 0.278. The Labute approximate surface area is 149 Å². The van der Waals surface area contributed by atoms with Gasteiger partial charge in [-0.05, 0) is 42.7 Å². The van der Waals surface area contributed by atoms with Gasteiger partial charge in [0.1, 0.15) is 16.6 Å². The SMILES string of the molecule is COC1CC(n2cc(-c3ccc(Cl)c(F)c3)c3ccc(Cl)nc32)C1. The minimum Gasteiger partial charge on any atom is -0.381 e. The summed E-state index contributed by atoms with van der Waals surface area (Å²) < 4.78 is 21.4. The second-order valence-corrected chi connectivity index (χ2v) is 6.86. The average molecular weight is 365 g/mol. The summed E-state index contributed by atoms with van der Waals surface area (Å²) in [6.45, 7) is 0. The summed E-state index contributed by atoms with van der Waals surface area (Å²) >= 11 is 11.9. The third kappa shape index (κ3) is 2.59. The lowest BCUT2D eigenvalue weighted by Gasteiger charge is -2.35. The third-order valence-electron chi connectivity index (χ3n) is 4.67. The van der Waals surface area contributed by atoms with Crippen molar-refractivity contribution in [3.8, 4) is 11.1 Å². The Bertz CT molecular complexity index is 919. The molecule has 24 heavy (non-hydrogen) atoms. The molecule has 1 aliphatic rings. The summed E-state index contributed by atoms with van der Waals surface area (Å²) in [4.78, 5) is 4.48. The van der Waals surface area contributed by atoms with Crippen molar-refractivity contribution >= 4 is 34.2 Å². The van der Waals surface area contributed by atoms with Crippen LogP contribution in [0, 0.1) is 5.82 Å². The van der Waals surface area contributed by atoms with Gasteiger partial charge in [-0.15, -0.1) is 0 Å². The molecule has 0 N–H and O–H groups in total.